The molecule has 1 amide bonds. The fourth-order valence-electron chi connectivity index (χ4n) is 3.09. The SMILES string of the molecule is CN(C)C1CCN(Cc2nc(CC(N)=O)nn2-c2ccc(F)cc2)C1. The summed E-state index contributed by atoms with van der Waals surface area (Å²) in [5.41, 5.74) is 5.97. The van der Waals surface area contributed by atoms with Crippen LogP contribution in [0.3, 0.4) is 0 Å². The lowest BCUT2D eigenvalue weighted by atomic mass is 10.2. The summed E-state index contributed by atoms with van der Waals surface area (Å²) in [6.45, 7) is 2.55. The Bertz CT molecular complexity index is 742. The van der Waals surface area contributed by atoms with Gasteiger partial charge in [-0.15, -0.1) is 0 Å². The standard InChI is InChI=1S/C17H23FN6O/c1-22(2)14-7-8-23(10-14)11-17-20-16(9-15(19)25)21-24(17)13-5-3-12(18)4-6-13/h3-6,14H,7-11H2,1-2H3,(H2,19,25). The predicted octanol–water partition coefficient (Wildman–Crippen LogP) is 0.570. The van der Waals surface area contributed by atoms with E-state index < -0.39 is 5.91 Å². The van der Waals surface area contributed by atoms with Crippen molar-refractivity contribution >= 4 is 5.91 Å². The summed E-state index contributed by atoms with van der Waals surface area (Å²) in [6, 6.07) is 6.58. The number of rotatable bonds is 6. The minimum Gasteiger partial charge on any atom is -0.369 e. The Morgan fingerprint density at radius 3 is 2.68 bits per heavy atom. The third-order valence-electron chi connectivity index (χ3n) is 4.46. The summed E-state index contributed by atoms with van der Waals surface area (Å²) in [7, 11) is 4.17. The highest BCUT2D eigenvalue weighted by atomic mass is 19.1. The van der Waals surface area contributed by atoms with Crippen molar-refractivity contribution in [1.82, 2.24) is 24.6 Å². The summed E-state index contributed by atoms with van der Waals surface area (Å²) >= 11 is 0. The van der Waals surface area contributed by atoms with Crippen LogP contribution in [0.2, 0.25) is 0 Å². The molecule has 8 heteroatoms. The van der Waals surface area contributed by atoms with Crippen molar-refractivity contribution in [1.29, 1.82) is 0 Å². The maximum absolute atomic E-state index is 13.2. The molecule has 7 nitrogen and oxygen atoms in total. The zero-order valence-corrected chi connectivity index (χ0v) is 14.5. The number of likely N-dealkylation sites (N-methyl/N-ethyl adjacent to an activating group) is 1. The van der Waals surface area contributed by atoms with Gasteiger partial charge in [-0.2, -0.15) is 5.10 Å². The number of carbonyl (C=O) groups is 1. The molecule has 1 aliphatic rings. The number of likely N-dealkylation sites (tertiary alicyclic amines) is 1. The minimum absolute atomic E-state index is 0.0124. The number of hydrogen-bond donors (Lipinski definition) is 1. The average molecular weight is 346 g/mol. The third kappa shape index (κ3) is 4.21. The Kier molecular flexibility index (Phi) is 5.10. The molecule has 1 fully saturated rings. The maximum Gasteiger partial charge on any atom is 0.225 e. The zero-order chi connectivity index (χ0) is 18.0. The molecule has 1 atom stereocenters. The average Bonchev–Trinajstić information content (AvgIpc) is 3.15. The fourth-order valence-corrected chi connectivity index (χ4v) is 3.09. The van der Waals surface area contributed by atoms with Gasteiger partial charge in [0.2, 0.25) is 5.91 Å². The van der Waals surface area contributed by atoms with Gasteiger partial charge in [-0.05, 0) is 44.8 Å². The summed E-state index contributed by atoms with van der Waals surface area (Å²) in [4.78, 5) is 20.2. The Morgan fingerprint density at radius 1 is 1.36 bits per heavy atom. The molecule has 2 aromatic rings. The van der Waals surface area contributed by atoms with Crippen LogP contribution in [-0.4, -0.2) is 63.7 Å². The molecular weight excluding hydrogens is 323 g/mol. The van der Waals surface area contributed by atoms with Crippen LogP contribution in [0.15, 0.2) is 24.3 Å². The van der Waals surface area contributed by atoms with Crippen LogP contribution in [0.25, 0.3) is 5.69 Å². The highest BCUT2D eigenvalue weighted by molar-refractivity contribution is 5.75. The molecule has 3 rings (SSSR count). The zero-order valence-electron chi connectivity index (χ0n) is 14.5. The van der Waals surface area contributed by atoms with Gasteiger partial charge in [0.05, 0.1) is 18.7 Å². The van der Waals surface area contributed by atoms with E-state index in [1.807, 2.05) is 0 Å². The lowest BCUT2D eigenvalue weighted by molar-refractivity contribution is -0.117. The highest BCUT2D eigenvalue weighted by Crippen LogP contribution is 2.18. The Hall–Kier alpha value is -2.32. The lowest BCUT2D eigenvalue weighted by Gasteiger charge is -2.20. The van der Waals surface area contributed by atoms with Gasteiger partial charge in [-0.1, -0.05) is 0 Å². The first kappa shape index (κ1) is 17.5. The number of amides is 1. The minimum atomic E-state index is -0.475. The second-order valence-electron chi connectivity index (χ2n) is 6.62. The first-order chi connectivity index (χ1) is 11.9. The molecular formula is C17H23FN6O. The van der Waals surface area contributed by atoms with Gasteiger partial charge in [-0.3, -0.25) is 9.69 Å². The Balaban J connectivity index is 1.85. The van der Waals surface area contributed by atoms with Crippen LogP contribution in [0.1, 0.15) is 18.1 Å². The van der Waals surface area contributed by atoms with Gasteiger partial charge in [-0.25, -0.2) is 14.1 Å². The van der Waals surface area contributed by atoms with Gasteiger partial charge in [0.15, 0.2) is 5.82 Å². The van der Waals surface area contributed by atoms with Crippen molar-refractivity contribution in [3.8, 4) is 5.69 Å². The van der Waals surface area contributed by atoms with Gasteiger partial charge in [0.25, 0.3) is 0 Å². The number of carbonyl (C=O) groups excluding carboxylic acids is 1. The van der Waals surface area contributed by atoms with E-state index in [9.17, 15) is 9.18 Å². The Labute approximate surface area is 146 Å². The summed E-state index contributed by atoms with van der Waals surface area (Å²) in [5, 5.41) is 4.39. The topological polar surface area (TPSA) is 80.3 Å². The van der Waals surface area contributed by atoms with Crippen molar-refractivity contribution in [3.05, 3.63) is 41.7 Å². The van der Waals surface area contributed by atoms with E-state index in [-0.39, 0.29) is 12.2 Å². The van der Waals surface area contributed by atoms with E-state index in [0.717, 1.165) is 25.3 Å². The van der Waals surface area contributed by atoms with Gasteiger partial charge in [0.1, 0.15) is 11.6 Å². The largest absolute Gasteiger partial charge is 0.369 e. The molecule has 2 N–H and O–H groups in total. The number of hydrogen-bond acceptors (Lipinski definition) is 5. The molecule has 2 heterocycles. The van der Waals surface area contributed by atoms with E-state index in [4.69, 9.17) is 5.73 Å². The van der Waals surface area contributed by atoms with Gasteiger partial charge in [0, 0.05) is 19.1 Å². The number of nitrogens with two attached hydrogens (primary N) is 1. The van der Waals surface area contributed by atoms with Crippen LogP contribution in [-0.2, 0) is 17.8 Å². The van der Waals surface area contributed by atoms with E-state index in [1.54, 1.807) is 16.8 Å². The van der Waals surface area contributed by atoms with E-state index in [2.05, 4.69) is 34.0 Å². The molecule has 25 heavy (non-hydrogen) atoms. The lowest BCUT2D eigenvalue weighted by Crippen LogP contribution is -2.31. The van der Waals surface area contributed by atoms with Crippen molar-refractivity contribution in [3.63, 3.8) is 0 Å². The number of halogens is 1. The van der Waals surface area contributed by atoms with Gasteiger partial charge >= 0.3 is 0 Å². The van der Waals surface area contributed by atoms with Gasteiger partial charge < -0.3 is 10.6 Å². The van der Waals surface area contributed by atoms with Crippen LogP contribution in [0.5, 0.6) is 0 Å². The first-order valence-corrected chi connectivity index (χ1v) is 8.30. The fraction of sp³-hybridized carbons (Fsp3) is 0.471. The van der Waals surface area contributed by atoms with Crippen LogP contribution >= 0.6 is 0 Å². The number of aromatic nitrogens is 3. The predicted molar refractivity (Wildman–Crippen MR) is 91.6 cm³/mol. The number of nitrogens with zero attached hydrogens (tertiary/aromatic N) is 5. The monoisotopic (exact) mass is 346 g/mol. The smallest absolute Gasteiger partial charge is 0.225 e. The highest BCUT2D eigenvalue weighted by Gasteiger charge is 2.26. The van der Waals surface area contributed by atoms with Crippen LogP contribution < -0.4 is 5.73 Å². The van der Waals surface area contributed by atoms with Crippen molar-refractivity contribution in [2.75, 3.05) is 27.2 Å². The summed E-state index contributed by atoms with van der Waals surface area (Å²) in [6.07, 6.45) is 1.09. The molecule has 1 aliphatic heterocycles. The third-order valence-corrected chi connectivity index (χ3v) is 4.46. The van der Waals surface area contributed by atoms with E-state index >= 15 is 0 Å². The summed E-state index contributed by atoms with van der Waals surface area (Å²) in [5.74, 6) is 0.324. The number of primary amides is 1. The van der Waals surface area contributed by atoms with Crippen LogP contribution in [0.4, 0.5) is 4.39 Å². The summed E-state index contributed by atoms with van der Waals surface area (Å²) < 4.78 is 14.9. The maximum atomic E-state index is 13.2. The molecule has 0 bridgehead atoms. The second-order valence-corrected chi connectivity index (χ2v) is 6.62. The first-order valence-electron chi connectivity index (χ1n) is 8.30. The van der Waals surface area contributed by atoms with Crippen molar-refractivity contribution < 1.29 is 9.18 Å². The molecule has 0 spiro atoms. The molecule has 0 aliphatic carbocycles. The van der Waals surface area contributed by atoms with Crippen LogP contribution in [0, 0.1) is 5.82 Å². The second kappa shape index (κ2) is 7.28. The molecule has 0 radical (unpaired) electrons. The van der Waals surface area contributed by atoms with Crippen molar-refractivity contribution in [2.24, 2.45) is 5.73 Å². The van der Waals surface area contributed by atoms with E-state index in [0.29, 0.717) is 24.1 Å². The van der Waals surface area contributed by atoms with Crippen molar-refractivity contribution in [2.45, 2.75) is 25.4 Å². The quantitative estimate of drug-likeness (QED) is 0.827. The normalized spacial score (nSPS) is 18.2. The molecule has 1 unspecified atom stereocenters. The Morgan fingerprint density at radius 2 is 2.08 bits per heavy atom. The molecule has 1 aromatic carbocycles. The molecule has 0 saturated carbocycles. The number of benzene rings is 1. The van der Waals surface area contributed by atoms with E-state index in [1.165, 1.54) is 12.1 Å². The molecule has 134 valence electrons. The molecule has 1 aromatic heterocycles. The molecule has 1 saturated heterocycles.